The molecule has 23 heavy (non-hydrogen) atoms. The number of alkyl halides is 3. The van der Waals surface area contributed by atoms with Crippen LogP contribution in [0.15, 0.2) is 23.8 Å². The van der Waals surface area contributed by atoms with Gasteiger partial charge < -0.3 is 0 Å². The summed E-state index contributed by atoms with van der Waals surface area (Å²) in [6, 6.07) is 1.67. The standard InChI is InChI=1S/C16H12F3NO3/c1-7-10(4-5-11(20-7)16(17,18)19)15(23)12-13(21)8-2-3-9(6-8)14(12)22/h4-6,8,12H,2-3H2,1H3. The molecule has 0 N–H and O–H groups in total. The maximum Gasteiger partial charge on any atom is 0.433 e. The number of allylic oxidation sites excluding steroid dienone is 2. The van der Waals surface area contributed by atoms with E-state index in [1.54, 1.807) is 6.08 Å². The molecule has 120 valence electrons. The van der Waals surface area contributed by atoms with Crippen LogP contribution >= 0.6 is 0 Å². The Hall–Kier alpha value is -2.31. The molecule has 1 heterocycles. The molecule has 1 aromatic heterocycles. The molecule has 7 heteroatoms. The number of aromatic nitrogens is 1. The highest BCUT2D eigenvalue weighted by atomic mass is 19.4. The first-order valence-electron chi connectivity index (χ1n) is 7.08. The number of hydrogen-bond acceptors (Lipinski definition) is 4. The fraction of sp³-hybridized carbons (Fsp3) is 0.375. The number of pyridine rings is 1. The van der Waals surface area contributed by atoms with Crippen molar-refractivity contribution in [1.82, 2.24) is 4.98 Å². The predicted octanol–water partition coefficient (Wildman–Crippen LogP) is 2.70. The second kappa shape index (κ2) is 5.11. The van der Waals surface area contributed by atoms with Gasteiger partial charge in [-0.3, -0.25) is 14.4 Å². The highest BCUT2D eigenvalue weighted by Gasteiger charge is 2.46. The van der Waals surface area contributed by atoms with Crippen LogP contribution in [-0.2, 0) is 15.8 Å². The molecule has 0 radical (unpaired) electrons. The minimum absolute atomic E-state index is 0.119. The Morgan fingerprint density at radius 3 is 2.57 bits per heavy atom. The first-order chi connectivity index (χ1) is 10.7. The van der Waals surface area contributed by atoms with E-state index in [-0.39, 0.29) is 11.3 Å². The molecule has 0 saturated carbocycles. The molecular weight excluding hydrogens is 311 g/mol. The van der Waals surface area contributed by atoms with Gasteiger partial charge in [-0.15, -0.1) is 0 Å². The normalized spacial score (nSPS) is 23.9. The number of nitrogens with zero attached hydrogens (tertiary/aromatic N) is 1. The molecule has 2 aliphatic carbocycles. The number of fused-ring (bicyclic) bond motifs is 1. The van der Waals surface area contributed by atoms with Crippen molar-refractivity contribution in [2.24, 2.45) is 11.8 Å². The molecule has 4 nitrogen and oxygen atoms in total. The first kappa shape index (κ1) is 15.6. The van der Waals surface area contributed by atoms with Crippen molar-refractivity contribution >= 4 is 17.3 Å². The third kappa shape index (κ3) is 2.50. The maximum absolute atomic E-state index is 12.6. The van der Waals surface area contributed by atoms with Crippen LogP contribution in [0.5, 0.6) is 0 Å². The molecule has 2 bridgehead atoms. The maximum atomic E-state index is 12.6. The number of carbonyl (C=O) groups excluding carboxylic acids is 3. The van der Waals surface area contributed by atoms with Gasteiger partial charge in [-0.05, 0) is 37.5 Å². The van der Waals surface area contributed by atoms with Gasteiger partial charge in [0.2, 0.25) is 0 Å². The van der Waals surface area contributed by atoms with E-state index in [0.717, 1.165) is 6.07 Å². The van der Waals surface area contributed by atoms with Gasteiger partial charge in [-0.25, -0.2) is 4.98 Å². The van der Waals surface area contributed by atoms with E-state index < -0.39 is 41.1 Å². The molecular formula is C16H12F3NO3. The van der Waals surface area contributed by atoms with E-state index in [0.29, 0.717) is 24.5 Å². The molecule has 2 aliphatic rings. The number of rotatable bonds is 2. The van der Waals surface area contributed by atoms with Gasteiger partial charge in [0.1, 0.15) is 11.6 Å². The summed E-state index contributed by atoms with van der Waals surface area (Å²) in [6.45, 7) is 1.26. The molecule has 0 aromatic carbocycles. The van der Waals surface area contributed by atoms with Crippen molar-refractivity contribution in [2.45, 2.75) is 25.9 Å². The van der Waals surface area contributed by atoms with Crippen molar-refractivity contribution in [3.8, 4) is 0 Å². The number of Topliss-reactive ketones (excluding diaryl/α,β-unsaturated/α-hetero) is 3. The molecule has 0 spiro atoms. The summed E-state index contributed by atoms with van der Waals surface area (Å²) in [7, 11) is 0. The number of hydrogen-bond donors (Lipinski definition) is 0. The van der Waals surface area contributed by atoms with E-state index in [1.165, 1.54) is 6.92 Å². The Kier molecular flexibility index (Phi) is 3.46. The van der Waals surface area contributed by atoms with Gasteiger partial charge in [0, 0.05) is 17.2 Å². The van der Waals surface area contributed by atoms with Gasteiger partial charge in [0.05, 0.1) is 0 Å². The Balaban J connectivity index is 1.96. The second-order valence-corrected chi connectivity index (χ2v) is 5.73. The number of ketones is 3. The smallest absolute Gasteiger partial charge is 0.298 e. The Morgan fingerprint density at radius 2 is 1.96 bits per heavy atom. The second-order valence-electron chi connectivity index (χ2n) is 5.73. The van der Waals surface area contributed by atoms with Crippen molar-refractivity contribution in [3.05, 3.63) is 40.7 Å². The predicted molar refractivity (Wildman–Crippen MR) is 72.6 cm³/mol. The monoisotopic (exact) mass is 323 g/mol. The van der Waals surface area contributed by atoms with Crippen LogP contribution in [0.3, 0.4) is 0 Å². The third-order valence-electron chi connectivity index (χ3n) is 4.26. The highest BCUT2D eigenvalue weighted by Crippen LogP contribution is 2.36. The van der Waals surface area contributed by atoms with Crippen LogP contribution in [0.2, 0.25) is 0 Å². The van der Waals surface area contributed by atoms with Crippen molar-refractivity contribution in [1.29, 1.82) is 0 Å². The SMILES string of the molecule is Cc1nc(C(F)(F)F)ccc1C(=O)C1C(=O)C2=CC(CC2)C1=O. The van der Waals surface area contributed by atoms with Crippen molar-refractivity contribution in [2.75, 3.05) is 0 Å². The average Bonchev–Trinajstić information content (AvgIpc) is 2.91. The molecule has 2 atom stereocenters. The summed E-state index contributed by atoms with van der Waals surface area (Å²) < 4.78 is 37.9. The lowest BCUT2D eigenvalue weighted by atomic mass is 9.80. The Bertz CT molecular complexity index is 764. The summed E-state index contributed by atoms with van der Waals surface area (Å²) in [5, 5.41) is 0. The zero-order chi connectivity index (χ0) is 16.9. The van der Waals surface area contributed by atoms with E-state index in [2.05, 4.69) is 4.98 Å². The van der Waals surface area contributed by atoms with E-state index in [4.69, 9.17) is 0 Å². The van der Waals surface area contributed by atoms with Gasteiger partial charge in [-0.2, -0.15) is 13.2 Å². The van der Waals surface area contributed by atoms with Crippen LogP contribution in [0.1, 0.15) is 34.6 Å². The van der Waals surface area contributed by atoms with Crippen LogP contribution in [0.25, 0.3) is 0 Å². The van der Waals surface area contributed by atoms with Crippen molar-refractivity contribution < 1.29 is 27.6 Å². The molecule has 1 aromatic rings. The molecule has 0 fully saturated rings. The fourth-order valence-electron chi connectivity index (χ4n) is 3.06. The highest BCUT2D eigenvalue weighted by molar-refractivity contribution is 6.30. The van der Waals surface area contributed by atoms with E-state index in [1.807, 2.05) is 0 Å². The Morgan fingerprint density at radius 1 is 1.26 bits per heavy atom. The molecule has 2 unspecified atom stereocenters. The molecule has 0 aliphatic heterocycles. The quantitative estimate of drug-likeness (QED) is 0.620. The topological polar surface area (TPSA) is 64.1 Å². The molecule has 0 saturated heterocycles. The van der Waals surface area contributed by atoms with Crippen LogP contribution in [-0.4, -0.2) is 22.3 Å². The molecule has 0 amide bonds. The summed E-state index contributed by atoms with van der Waals surface area (Å²) >= 11 is 0. The minimum atomic E-state index is -4.62. The lowest BCUT2D eigenvalue weighted by Crippen LogP contribution is -2.37. The summed E-state index contributed by atoms with van der Waals surface area (Å²) in [6.07, 6.45) is -2.06. The van der Waals surface area contributed by atoms with E-state index >= 15 is 0 Å². The Labute approximate surface area is 129 Å². The van der Waals surface area contributed by atoms with Gasteiger partial charge in [0.25, 0.3) is 0 Å². The minimum Gasteiger partial charge on any atom is -0.298 e. The number of carbonyl (C=O) groups is 3. The van der Waals surface area contributed by atoms with Crippen molar-refractivity contribution in [3.63, 3.8) is 0 Å². The fourth-order valence-corrected chi connectivity index (χ4v) is 3.06. The number of halogens is 3. The van der Waals surface area contributed by atoms with Gasteiger partial charge >= 0.3 is 6.18 Å². The van der Waals surface area contributed by atoms with E-state index in [9.17, 15) is 27.6 Å². The molecule has 3 rings (SSSR count). The summed E-state index contributed by atoms with van der Waals surface area (Å²) in [5.41, 5.74) is -0.912. The average molecular weight is 323 g/mol. The van der Waals surface area contributed by atoms with Crippen LogP contribution in [0.4, 0.5) is 13.2 Å². The third-order valence-corrected chi connectivity index (χ3v) is 4.26. The first-order valence-corrected chi connectivity index (χ1v) is 7.08. The zero-order valence-electron chi connectivity index (χ0n) is 12.1. The number of aryl methyl sites for hydroxylation is 1. The zero-order valence-corrected chi connectivity index (χ0v) is 12.1. The van der Waals surface area contributed by atoms with Gasteiger partial charge in [0.15, 0.2) is 17.3 Å². The van der Waals surface area contributed by atoms with Crippen LogP contribution < -0.4 is 0 Å². The summed E-state index contributed by atoms with van der Waals surface area (Å²) in [4.78, 5) is 40.4. The largest absolute Gasteiger partial charge is 0.433 e. The lowest BCUT2D eigenvalue weighted by Gasteiger charge is -2.19. The van der Waals surface area contributed by atoms with Crippen LogP contribution in [0, 0.1) is 18.8 Å². The van der Waals surface area contributed by atoms with Gasteiger partial charge in [-0.1, -0.05) is 6.08 Å². The summed E-state index contributed by atoms with van der Waals surface area (Å²) in [5.74, 6) is -3.66. The lowest BCUT2D eigenvalue weighted by molar-refractivity contribution is -0.141.